The Morgan fingerprint density at radius 3 is 3.00 bits per heavy atom. The smallest absolute Gasteiger partial charge is 0.210 e. The highest BCUT2D eigenvalue weighted by molar-refractivity contribution is 5.49. The van der Waals surface area contributed by atoms with Crippen LogP contribution in [0.3, 0.4) is 0 Å². The lowest BCUT2D eigenvalue weighted by Gasteiger charge is -2.20. The predicted octanol–water partition coefficient (Wildman–Crippen LogP) is 2.44. The number of likely N-dealkylation sites (tertiary alicyclic amines) is 1. The van der Waals surface area contributed by atoms with Crippen molar-refractivity contribution >= 4 is 12.2 Å². The van der Waals surface area contributed by atoms with E-state index in [-0.39, 0.29) is 6.04 Å². The van der Waals surface area contributed by atoms with E-state index in [1.54, 1.807) is 0 Å². The van der Waals surface area contributed by atoms with E-state index in [9.17, 15) is 4.79 Å². The van der Waals surface area contributed by atoms with Crippen molar-refractivity contribution in [3.8, 4) is 0 Å². The van der Waals surface area contributed by atoms with E-state index in [0.717, 1.165) is 43.7 Å². The lowest BCUT2D eigenvalue weighted by Crippen LogP contribution is -2.21. The largest absolute Gasteiger partial charge is 0.370 e. The van der Waals surface area contributed by atoms with Gasteiger partial charge in [0.15, 0.2) is 0 Å². The van der Waals surface area contributed by atoms with E-state index in [2.05, 4.69) is 30.2 Å². The summed E-state index contributed by atoms with van der Waals surface area (Å²) in [5, 5.41) is 3.29. The van der Waals surface area contributed by atoms with Gasteiger partial charge < -0.3 is 10.2 Å². The van der Waals surface area contributed by atoms with Crippen LogP contribution in [0.15, 0.2) is 18.3 Å². The normalized spacial score (nSPS) is 19.3. The van der Waals surface area contributed by atoms with Gasteiger partial charge in [-0.1, -0.05) is 19.9 Å². The third-order valence-electron chi connectivity index (χ3n) is 3.29. The number of hydrogen-bond donors (Lipinski definition) is 1. The average Bonchev–Trinajstić information content (AvgIpc) is 2.85. The fourth-order valence-corrected chi connectivity index (χ4v) is 2.29. The van der Waals surface area contributed by atoms with E-state index in [0.29, 0.717) is 5.92 Å². The van der Waals surface area contributed by atoms with Gasteiger partial charge in [-0.25, -0.2) is 4.98 Å². The van der Waals surface area contributed by atoms with E-state index in [1.807, 2.05) is 17.2 Å². The molecule has 0 unspecified atom stereocenters. The summed E-state index contributed by atoms with van der Waals surface area (Å²) in [6, 6.07) is 4.29. The molecule has 0 aromatic carbocycles. The molecule has 1 aromatic heterocycles. The van der Waals surface area contributed by atoms with Crippen LogP contribution < -0.4 is 5.32 Å². The summed E-state index contributed by atoms with van der Waals surface area (Å²) in [5.41, 5.74) is 1.13. The molecule has 2 heterocycles. The van der Waals surface area contributed by atoms with Gasteiger partial charge in [0.2, 0.25) is 6.41 Å². The molecule has 1 aromatic rings. The number of carbonyl (C=O) groups excluding carboxylic acids is 1. The van der Waals surface area contributed by atoms with Gasteiger partial charge in [0.1, 0.15) is 5.82 Å². The Kier molecular flexibility index (Phi) is 4.18. The number of amides is 1. The molecule has 1 amide bonds. The van der Waals surface area contributed by atoms with Gasteiger partial charge in [-0.3, -0.25) is 4.79 Å². The Morgan fingerprint density at radius 2 is 2.39 bits per heavy atom. The molecule has 0 radical (unpaired) electrons. The summed E-state index contributed by atoms with van der Waals surface area (Å²) >= 11 is 0. The Bertz CT molecular complexity index is 389. The van der Waals surface area contributed by atoms with E-state index < -0.39 is 0 Å². The van der Waals surface area contributed by atoms with Gasteiger partial charge in [-0.15, -0.1) is 0 Å². The molecule has 1 fully saturated rings. The zero-order chi connectivity index (χ0) is 13.0. The van der Waals surface area contributed by atoms with Crippen LogP contribution in [-0.4, -0.2) is 29.4 Å². The average molecular weight is 247 g/mol. The molecule has 18 heavy (non-hydrogen) atoms. The number of pyridine rings is 1. The van der Waals surface area contributed by atoms with Gasteiger partial charge >= 0.3 is 0 Å². The van der Waals surface area contributed by atoms with Crippen LogP contribution in [0.4, 0.5) is 5.82 Å². The monoisotopic (exact) mass is 247 g/mol. The minimum atomic E-state index is 0.217. The summed E-state index contributed by atoms with van der Waals surface area (Å²) < 4.78 is 0. The first-order valence-corrected chi connectivity index (χ1v) is 6.61. The summed E-state index contributed by atoms with van der Waals surface area (Å²) in [7, 11) is 0. The van der Waals surface area contributed by atoms with Crippen LogP contribution in [0.5, 0.6) is 0 Å². The predicted molar refractivity (Wildman–Crippen MR) is 72.3 cm³/mol. The summed E-state index contributed by atoms with van der Waals surface area (Å²) in [6.07, 6.45) is 4.95. The van der Waals surface area contributed by atoms with Gasteiger partial charge in [0.25, 0.3) is 0 Å². The van der Waals surface area contributed by atoms with Gasteiger partial charge in [-0.05, 0) is 30.4 Å². The van der Waals surface area contributed by atoms with Crippen molar-refractivity contribution in [3.63, 3.8) is 0 Å². The van der Waals surface area contributed by atoms with Crippen molar-refractivity contribution in [3.05, 3.63) is 23.9 Å². The second-order valence-electron chi connectivity index (χ2n) is 5.25. The molecule has 1 saturated heterocycles. The standard InChI is InChI=1S/C14H21N3O/c1-11(2)8-15-14-6-5-12(9-16-14)13-4-3-7-17(13)10-18/h5-6,9-11,13H,3-4,7-8H2,1-2H3,(H,15,16)/t13-/m1/s1. The molecule has 0 saturated carbocycles. The molecular weight excluding hydrogens is 226 g/mol. The third kappa shape index (κ3) is 3.00. The minimum absolute atomic E-state index is 0.217. The van der Waals surface area contributed by atoms with E-state index in [4.69, 9.17) is 0 Å². The molecule has 1 atom stereocenters. The van der Waals surface area contributed by atoms with Gasteiger partial charge in [0, 0.05) is 19.3 Å². The molecule has 4 heteroatoms. The van der Waals surface area contributed by atoms with Gasteiger partial charge in [-0.2, -0.15) is 0 Å². The fourth-order valence-electron chi connectivity index (χ4n) is 2.29. The van der Waals surface area contributed by atoms with Gasteiger partial charge in [0.05, 0.1) is 6.04 Å². The fraction of sp³-hybridized carbons (Fsp3) is 0.571. The molecule has 0 bridgehead atoms. The van der Waals surface area contributed by atoms with Crippen molar-refractivity contribution in [2.24, 2.45) is 5.92 Å². The minimum Gasteiger partial charge on any atom is -0.370 e. The molecule has 4 nitrogen and oxygen atoms in total. The number of nitrogens with zero attached hydrogens (tertiary/aromatic N) is 2. The highest BCUT2D eigenvalue weighted by atomic mass is 16.1. The van der Waals surface area contributed by atoms with Crippen molar-refractivity contribution in [1.82, 2.24) is 9.88 Å². The third-order valence-corrected chi connectivity index (χ3v) is 3.29. The van der Waals surface area contributed by atoms with Crippen LogP contribution in [0.1, 0.15) is 38.3 Å². The summed E-state index contributed by atoms with van der Waals surface area (Å²) in [4.78, 5) is 17.2. The zero-order valence-electron chi connectivity index (χ0n) is 11.1. The molecule has 0 aliphatic carbocycles. The van der Waals surface area contributed by atoms with Crippen molar-refractivity contribution in [1.29, 1.82) is 0 Å². The second-order valence-corrected chi connectivity index (χ2v) is 5.25. The topological polar surface area (TPSA) is 45.2 Å². The Hall–Kier alpha value is -1.58. The first-order valence-electron chi connectivity index (χ1n) is 6.61. The molecule has 98 valence electrons. The maximum atomic E-state index is 10.9. The van der Waals surface area contributed by atoms with Crippen LogP contribution >= 0.6 is 0 Å². The Balaban J connectivity index is 2.00. The molecule has 1 aliphatic rings. The SMILES string of the molecule is CC(C)CNc1ccc([C@H]2CCCN2C=O)cn1. The van der Waals surface area contributed by atoms with Crippen LogP contribution in [-0.2, 0) is 4.79 Å². The summed E-state index contributed by atoms with van der Waals surface area (Å²) in [5.74, 6) is 1.51. The molecule has 2 rings (SSSR count). The first kappa shape index (κ1) is 12.9. The first-order chi connectivity index (χ1) is 8.70. The molecule has 0 spiro atoms. The van der Waals surface area contributed by atoms with E-state index >= 15 is 0 Å². The van der Waals surface area contributed by atoms with E-state index in [1.165, 1.54) is 0 Å². The highest BCUT2D eigenvalue weighted by Crippen LogP contribution is 2.30. The summed E-state index contributed by atoms with van der Waals surface area (Å²) in [6.45, 7) is 6.13. The molecule has 1 aliphatic heterocycles. The van der Waals surface area contributed by atoms with Crippen molar-refractivity contribution in [2.75, 3.05) is 18.4 Å². The molecule has 1 N–H and O–H groups in total. The van der Waals surface area contributed by atoms with Crippen molar-refractivity contribution < 1.29 is 4.79 Å². The maximum Gasteiger partial charge on any atom is 0.210 e. The second kappa shape index (κ2) is 5.85. The number of hydrogen-bond acceptors (Lipinski definition) is 3. The zero-order valence-corrected chi connectivity index (χ0v) is 11.1. The number of aromatic nitrogens is 1. The Morgan fingerprint density at radius 1 is 1.56 bits per heavy atom. The Labute approximate surface area is 108 Å². The molecular formula is C14H21N3O. The maximum absolute atomic E-state index is 10.9. The highest BCUT2D eigenvalue weighted by Gasteiger charge is 2.24. The lowest BCUT2D eigenvalue weighted by molar-refractivity contribution is -0.118. The quantitative estimate of drug-likeness (QED) is 0.813. The number of nitrogens with one attached hydrogen (secondary N) is 1. The van der Waals surface area contributed by atoms with Crippen LogP contribution in [0.2, 0.25) is 0 Å². The van der Waals surface area contributed by atoms with Crippen molar-refractivity contribution in [2.45, 2.75) is 32.7 Å². The van der Waals surface area contributed by atoms with Crippen LogP contribution in [0, 0.1) is 5.92 Å². The number of rotatable bonds is 5. The van der Waals surface area contributed by atoms with Crippen LogP contribution in [0.25, 0.3) is 0 Å². The number of anilines is 1. The lowest BCUT2D eigenvalue weighted by atomic mass is 10.1. The number of carbonyl (C=O) groups is 1.